The summed E-state index contributed by atoms with van der Waals surface area (Å²) in [6.07, 6.45) is 0.215. The van der Waals surface area contributed by atoms with Crippen LogP contribution in [0.1, 0.15) is 25.0 Å². The average molecular weight is 678 g/mol. The lowest BCUT2D eigenvalue weighted by atomic mass is 10.0. The van der Waals surface area contributed by atoms with Crippen LogP contribution in [0.25, 0.3) is 0 Å². The maximum Gasteiger partial charge on any atom is 0.264 e. The molecule has 11 heteroatoms. The summed E-state index contributed by atoms with van der Waals surface area (Å²) >= 11 is 6.15. The zero-order chi connectivity index (χ0) is 34.0. The van der Waals surface area contributed by atoms with Gasteiger partial charge < -0.3 is 19.7 Å². The molecule has 0 heterocycles. The Hall–Kier alpha value is -4.54. The average Bonchev–Trinajstić information content (AvgIpc) is 3.08. The fraction of sp³-hybridized carbons (Fsp3) is 0.278. The van der Waals surface area contributed by atoms with Crippen LogP contribution in [-0.4, -0.2) is 58.5 Å². The van der Waals surface area contributed by atoms with Crippen LogP contribution in [0.3, 0.4) is 0 Å². The molecule has 1 unspecified atom stereocenters. The highest BCUT2D eigenvalue weighted by atomic mass is 35.5. The number of amides is 2. The third kappa shape index (κ3) is 9.49. The summed E-state index contributed by atoms with van der Waals surface area (Å²) in [4.78, 5) is 29.9. The summed E-state index contributed by atoms with van der Waals surface area (Å²) in [6.45, 7) is 3.83. The molecule has 9 nitrogen and oxygen atoms in total. The number of hydrogen-bond donors (Lipinski definition) is 1. The Kier molecular flexibility index (Phi) is 12.3. The molecule has 0 radical (unpaired) electrons. The molecule has 0 fully saturated rings. The van der Waals surface area contributed by atoms with Gasteiger partial charge in [-0.05, 0) is 77.7 Å². The smallest absolute Gasteiger partial charge is 0.264 e. The number of nitrogens with zero attached hydrogens (tertiary/aromatic N) is 2. The van der Waals surface area contributed by atoms with Crippen molar-refractivity contribution in [1.29, 1.82) is 0 Å². The molecule has 47 heavy (non-hydrogen) atoms. The van der Waals surface area contributed by atoms with Crippen LogP contribution in [0.2, 0.25) is 5.02 Å². The number of methoxy groups -OCH3 is 2. The number of rotatable bonds is 15. The molecule has 0 aliphatic rings. The highest BCUT2D eigenvalue weighted by molar-refractivity contribution is 7.92. The molecule has 0 spiro atoms. The molecule has 0 bridgehead atoms. The molecule has 0 aromatic heterocycles. The zero-order valence-electron chi connectivity index (χ0n) is 26.9. The minimum atomic E-state index is -4.26. The Labute approximate surface area is 282 Å². The minimum absolute atomic E-state index is 0.0275. The van der Waals surface area contributed by atoms with Crippen molar-refractivity contribution in [1.82, 2.24) is 10.2 Å². The highest BCUT2D eigenvalue weighted by Crippen LogP contribution is 2.28. The van der Waals surface area contributed by atoms with Crippen LogP contribution >= 0.6 is 11.6 Å². The highest BCUT2D eigenvalue weighted by Gasteiger charge is 2.34. The fourth-order valence-electron chi connectivity index (χ4n) is 4.96. The summed E-state index contributed by atoms with van der Waals surface area (Å²) in [5.74, 6) is 0.339. The van der Waals surface area contributed by atoms with E-state index in [0.29, 0.717) is 28.6 Å². The SMILES string of the molecule is COc1ccc(S(=O)(=O)N(CC(=O)N(Cc2cccc(OC)c2)C(Cc2ccccc2)C(=O)NCC(C)C)c2ccc(Cl)cc2)cc1. The standard InChI is InChI=1S/C36H40ClN3O6S/c1-26(2)23-38-36(42)34(22-27-9-6-5-7-10-27)39(24-28-11-8-12-32(21-28)46-4)35(41)25-40(30-15-13-29(37)14-16-30)47(43,44)33-19-17-31(45-3)18-20-33/h5-21,26,34H,22-25H2,1-4H3,(H,38,42). The van der Waals surface area contributed by atoms with Gasteiger partial charge in [0.15, 0.2) is 0 Å². The van der Waals surface area contributed by atoms with E-state index >= 15 is 0 Å². The van der Waals surface area contributed by atoms with Crippen molar-refractivity contribution in [3.8, 4) is 11.5 Å². The Morgan fingerprint density at radius 3 is 2.06 bits per heavy atom. The quantitative estimate of drug-likeness (QED) is 0.166. The number of halogens is 1. The van der Waals surface area contributed by atoms with Gasteiger partial charge in [-0.1, -0.05) is 67.9 Å². The number of sulfonamides is 1. The Balaban J connectivity index is 1.80. The maximum absolute atomic E-state index is 14.6. The first-order chi connectivity index (χ1) is 22.5. The second-order valence-electron chi connectivity index (χ2n) is 11.4. The van der Waals surface area contributed by atoms with Gasteiger partial charge in [-0.2, -0.15) is 0 Å². The molecule has 0 saturated heterocycles. The number of ether oxygens (including phenoxy) is 2. The zero-order valence-corrected chi connectivity index (χ0v) is 28.5. The van der Waals surface area contributed by atoms with Crippen molar-refractivity contribution in [2.24, 2.45) is 5.92 Å². The number of carbonyl (C=O) groups excluding carboxylic acids is 2. The van der Waals surface area contributed by atoms with E-state index in [0.717, 1.165) is 9.87 Å². The van der Waals surface area contributed by atoms with Crippen LogP contribution in [0.5, 0.6) is 11.5 Å². The largest absolute Gasteiger partial charge is 0.497 e. The van der Waals surface area contributed by atoms with E-state index in [9.17, 15) is 18.0 Å². The normalized spacial score (nSPS) is 11.9. The van der Waals surface area contributed by atoms with E-state index in [-0.39, 0.29) is 35.4 Å². The molecular weight excluding hydrogens is 638 g/mol. The first-order valence-corrected chi connectivity index (χ1v) is 17.0. The van der Waals surface area contributed by atoms with Crippen LogP contribution in [0, 0.1) is 5.92 Å². The molecule has 0 saturated carbocycles. The van der Waals surface area contributed by atoms with Gasteiger partial charge in [-0.3, -0.25) is 13.9 Å². The molecule has 4 aromatic rings. The summed E-state index contributed by atoms with van der Waals surface area (Å²) < 4.78 is 40.0. The monoisotopic (exact) mass is 677 g/mol. The minimum Gasteiger partial charge on any atom is -0.497 e. The van der Waals surface area contributed by atoms with Crippen molar-refractivity contribution in [3.63, 3.8) is 0 Å². The van der Waals surface area contributed by atoms with Crippen molar-refractivity contribution >= 4 is 39.1 Å². The van der Waals surface area contributed by atoms with E-state index in [4.69, 9.17) is 21.1 Å². The third-order valence-corrected chi connectivity index (χ3v) is 9.52. The number of carbonyl (C=O) groups is 2. The van der Waals surface area contributed by atoms with E-state index in [2.05, 4.69) is 5.32 Å². The Morgan fingerprint density at radius 1 is 0.809 bits per heavy atom. The molecule has 2 amide bonds. The molecule has 248 valence electrons. The number of benzene rings is 4. The van der Waals surface area contributed by atoms with Gasteiger partial charge in [0.2, 0.25) is 11.8 Å². The van der Waals surface area contributed by atoms with Gasteiger partial charge in [0.05, 0.1) is 24.8 Å². The van der Waals surface area contributed by atoms with E-state index in [1.807, 2.05) is 50.2 Å². The first kappa shape index (κ1) is 35.3. The summed E-state index contributed by atoms with van der Waals surface area (Å²) in [5.41, 5.74) is 1.80. The van der Waals surface area contributed by atoms with Crippen molar-refractivity contribution < 1.29 is 27.5 Å². The van der Waals surface area contributed by atoms with E-state index in [1.165, 1.54) is 24.1 Å². The van der Waals surface area contributed by atoms with Gasteiger partial charge in [0.25, 0.3) is 10.0 Å². The van der Waals surface area contributed by atoms with Crippen LogP contribution in [-0.2, 0) is 32.6 Å². The molecular formula is C36H40ClN3O6S. The second kappa shape index (κ2) is 16.3. The van der Waals surface area contributed by atoms with Gasteiger partial charge in [0, 0.05) is 24.5 Å². The van der Waals surface area contributed by atoms with Crippen LogP contribution in [0.15, 0.2) is 108 Å². The van der Waals surface area contributed by atoms with Crippen LogP contribution < -0.4 is 19.1 Å². The van der Waals surface area contributed by atoms with Gasteiger partial charge >= 0.3 is 0 Å². The topological polar surface area (TPSA) is 105 Å². The molecule has 1 N–H and O–H groups in total. The maximum atomic E-state index is 14.6. The predicted octanol–water partition coefficient (Wildman–Crippen LogP) is 5.96. The predicted molar refractivity (Wildman–Crippen MR) is 184 cm³/mol. The molecule has 0 aliphatic heterocycles. The lowest BCUT2D eigenvalue weighted by Crippen LogP contribution is -2.53. The number of anilines is 1. The lowest BCUT2D eigenvalue weighted by molar-refractivity contribution is -0.140. The van der Waals surface area contributed by atoms with Gasteiger partial charge in [-0.15, -0.1) is 0 Å². The molecule has 0 aliphatic carbocycles. The molecule has 4 aromatic carbocycles. The van der Waals surface area contributed by atoms with Crippen molar-refractivity contribution in [2.75, 3.05) is 31.6 Å². The molecule has 1 atom stereocenters. The Morgan fingerprint density at radius 2 is 1.45 bits per heavy atom. The van der Waals surface area contributed by atoms with E-state index < -0.39 is 28.5 Å². The Bertz CT molecular complexity index is 1730. The van der Waals surface area contributed by atoms with Gasteiger partial charge in [-0.25, -0.2) is 8.42 Å². The second-order valence-corrected chi connectivity index (χ2v) is 13.7. The lowest BCUT2D eigenvalue weighted by Gasteiger charge is -2.34. The van der Waals surface area contributed by atoms with Crippen LogP contribution in [0.4, 0.5) is 5.69 Å². The summed E-state index contributed by atoms with van der Waals surface area (Å²) in [5, 5.41) is 3.40. The number of hydrogen-bond acceptors (Lipinski definition) is 6. The summed E-state index contributed by atoms with van der Waals surface area (Å²) in [6, 6.07) is 27.8. The first-order valence-electron chi connectivity index (χ1n) is 15.2. The molecule has 4 rings (SSSR count). The summed E-state index contributed by atoms with van der Waals surface area (Å²) in [7, 11) is -1.23. The van der Waals surface area contributed by atoms with Crippen molar-refractivity contribution in [3.05, 3.63) is 119 Å². The van der Waals surface area contributed by atoms with Crippen molar-refractivity contribution in [2.45, 2.75) is 37.8 Å². The third-order valence-electron chi connectivity index (χ3n) is 7.48. The number of nitrogens with one attached hydrogen (secondary N) is 1. The van der Waals surface area contributed by atoms with Gasteiger partial charge in [0.1, 0.15) is 24.1 Å². The van der Waals surface area contributed by atoms with E-state index in [1.54, 1.807) is 61.7 Å². The fourth-order valence-corrected chi connectivity index (χ4v) is 6.50.